The molecule has 0 spiro atoms. The first kappa shape index (κ1) is 21.1. The molecule has 4 nitrogen and oxygen atoms in total. The minimum Gasteiger partial charge on any atom is -0.308 e. The molecule has 6 heteroatoms. The van der Waals surface area contributed by atoms with Gasteiger partial charge in [-0.15, -0.1) is 11.6 Å². The van der Waals surface area contributed by atoms with Gasteiger partial charge in [0.1, 0.15) is 5.78 Å². The minimum atomic E-state index is -3.41. The number of hydrogen-bond donors (Lipinski definition) is 0. The van der Waals surface area contributed by atoms with Gasteiger partial charge in [0.05, 0.1) is 18.9 Å². The summed E-state index contributed by atoms with van der Waals surface area (Å²) in [5.74, 6) is -0.502. The molecule has 0 saturated carbocycles. The maximum Gasteiger partial charge on any atom is 0.335 e. The third kappa shape index (κ3) is 7.27. The van der Waals surface area contributed by atoms with E-state index in [-0.39, 0.29) is 5.78 Å². The number of halogens is 1. The number of ketones is 1. The molecular weight excluding hydrogens is 311 g/mol. The lowest BCUT2D eigenvalue weighted by atomic mass is 10.0. The van der Waals surface area contributed by atoms with Gasteiger partial charge >= 0.3 is 7.60 Å². The van der Waals surface area contributed by atoms with Crippen LogP contribution >= 0.6 is 19.2 Å². The first-order valence-corrected chi connectivity index (χ1v) is 9.88. The Bertz CT molecular complexity index is 333. The minimum absolute atomic E-state index is 0.0501. The number of carbonyl (C=O) groups is 1. The lowest BCUT2D eigenvalue weighted by Gasteiger charge is -2.31. The van der Waals surface area contributed by atoms with Crippen LogP contribution in [-0.4, -0.2) is 30.0 Å². The largest absolute Gasteiger partial charge is 0.335 e. The van der Waals surface area contributed by atoms with Gasteiger partial charge in [-0.2, -0.15) is 0 Å². The molecule has 0 heterocycles. The highest BCUT2D eigenvalue weighted by molar-refractivity contribution is 7.54. The van der Waals surface area contributed by atoms with Crippen molar-refractivity contribution >= 4 is 25.0 Å². The van der Waals surface area contributed by atoms with Crippen LogP contribution in [0.3, 0.4) is 0 Å². The molecule has 0 aliphatic rings. The second-order valence-corrected chi connectivity index (χ2v) is 8.36. The molecular formula is C15H30ClO4P. The van der Waals surface area contributed by atoms with Crippen molar-refractivity contribution in [3.63, 3.8) is 0 Å². The van der Waals surface area contributed by atoms with Crippen molar-refractivity contribution in [3.05, 3.63) is 0 Å². The molecule has 0 aromatic rings. The van der Waals surface area contributed by atoms with Crippen molar-refractivity contribution in [2.24, 2.45) is 5.92 Å². The van der Waals surface area contributed by atoms with Gasteiger partial charge in [0, 0.05) is 11.3 Å². The van der Waals surface area contributed by atoms with E-state index in [4.69, 9.17) is 20.6 Å². The van der Waals surface area contributed by atoms with E-state index >= 15 is 0 Å². The second kappa shape index (κ2) is 10.8. The highest BCUT2D eigenvalue weighted by Gasteiger charge is 2.44. The molecule has 0 aliphatic carbocycles. The van der Waals surface area contributed by atoms with Gasteiger partial charge in [0.15, 0.2) is 0 Å². The number of carbonyl (C=O) groups excluding carboxylic acids is 1. The number of Topliss-reactive ketones (excluding diaryl/α,β-unsaturated/α-hetero) is 1. The van der Waals surface area contributed by atoms with Crippen LogP contribution in [0.15, 0.2) is 0 Å². The van der Waals surface area contributed by atoms with Gasteiger partial charge in [0.25, 0.3) is 0 Å². The Morgan fingerprint density at radius 2 is 1.52 bits per heavy atom. The van der Waals surface area contributed by atoms with Crippen molar-refractivity contribution in [1.29, 1.82) is 0 Å². The Hall–Kier alpha value is 0.110. The summed E-state index contributed by atoms with van der Waals surface area (Å²) < 4.78 is 24.4. The average molecular weight is 341 g/mol. The molecule has 0 aromatic carbocycles. The Labute approximate surface area is 134 Å². The lowest BCUT2D eigenvalue weighted by Crippen LogP contribution is -2.32. The Morgan fingerprint density at radius 1 is 1.10 bits per heavy atom. The number of hydrogen-bond acceptors (Lipinski definition) is 4. The van der Waals surface area contributed by atoms with Crippen LogP contribution in [0.1, 0.15) is 60.3 Å². The van der Waals surface area contributed by atoms with Gasteiger partial charge in [0.2, 0.25) is 0 Å². The monoisotopic (exact) mass is 340 g/mol. The molecule has 3 atom stereocenters. The van der Waals surface area contributed by atoms with Crippen LogP contribution in [0.25, 0.3) is 0 Å². The third-order valence-corrected chi connectivity index (χ3v) is 6.68. The predicted molar refractivity (Wildman–Crippen MR) is 88.3 cm³/mol. The van der Waals surface area contributed by atoms with E-state index in [1.807, 2.05) is 13.8 Å². The summed E-state index contributed by atoms with van der Waals surface area (Å²) in [5.41, 5.74) is -0.606. The highest BCUT2D eigenvalue weighted by atomic mass is 35.5. The maximum atomic E-state index is 13.2. The van der Waals surface area contributed by atoms with Gasteiger partial charge < -0.3 is 9.05 Å². The Balaban J connectivity index is 5.17. The predicted octanol–water partition coefficient (Wildman–Crippen LogP) is 5.03. The Morgan fingerprint density at radius 3 is 1.81 bits per heavy atom. The molecule has 0 aromatic heterocycles. The topological polar surface area (TPSA) is 52.6 Å². The number of unbranched alkanes of at least 4 members (excludes halogenated alkanes) is 2. The summed E-state index contributed by atoms with van der Waals surface area (Å²) >= 11 is 6.21. The van der Waals surface area contributed by atoms with E-state index in [0.29, 0.717) is 13.2 Å². The van der Waals surface area contributed by atoms with Crippen molar-refractivity contribution in [2.75, 3.05) is 13.2 Å². The number of alkyl halides is 1. The van der Waals surface area contributed by atoms with Crippen LogP contribution in [0, 0.1) is 5.92 Å². The fraction of sp³-hybridized carbons (Fsp3) is 0.933. The third-order valence-electron chi connectivity index (χ3n) is 3.53. The summed E-state index contributed by atoms with van der Waals surface area (Å²) in [6.45, 7) is 9.77. The summed E-state index contributed by atoms with van der Waals surface area (Å²) in [6.07, 6.45) is 3.49. The molecule has 0 amide bonds. The zero-order valence-corrected chi connectivity index (χ0v) is 15.6. The molecule has 0 N–H and O–H groups in total. The van der Waals surface area contributed by atoms with Gasteiger partial charge in [-0.3, -0.25) is 9.36 Å². The Kier molecular flexibility index (Phi) is 10.8. The van der Waals surface area contributed by atoms with Crippen LogP contribution in [-0.2, 0) is 18.4 Å². The molecule has 3 unspecified atom stereocenters. The average Bonchev–Trinajstić information content (AvgIpc) is 2.38. The van der Waals surface area contributed by atoms with E-state index in [1.165, 1.54) is 6.92 Å². The quantitative estimate of drug-likeness (QED) is 0.284. The van der Waals surface area contributed by atoms with Gasteiger partial charge in [-0.1, -0.05) is 33.6 Å². The van der Waals surface area contributed by atoms with Crippen molar-refractivity contribution in [1.82, 2.24) is 0 Å². The number of rotatable bonds is 12. The smallest absolute Gasteiger partial charge is 0.308 e. The van der Waals surface area contributed by atoms with Gasteiger partial charge in [-0.05, 0) is 26.7 Å². The zero-order chi connectivity index (χ0) is 16.5. The molecule has 0 rings (SSSR count). The SMILES string of the molecule is CCCCOP(=O)(OCCCC)C(C(C)Cl)C(C)C(C)=O. The molecule has 126 valence electrons. The van der Waals surface area contributed by atoms with Crippen molar-refractivity contribution in [2.45, 2.75) is 71.3 Å². The van der Waals surface area contributed by atoms with Crippen LogP contribution in [0.5, 0.6) is 0 Å². The summed E-state index contributed by atoms with van der Waals surface area (Å²) in [4.78, 5) is 11.7. The normalized spacial score (nSPS) is 16.5. The van der Waals surface area contributed by atoms with Crippen LogP contribution < -0.4 is 0 Å². The lowest BCUT2D eigenvalue weighted by molar-refractivity contribution is -0.120. The fourth-order valence-electron chi connectivity index (χ4n) is 2.05. The van der Waals surface area contributed by atoms with E-state index in [0.717, 1.165) is 25.7 Å². The highest BCUT2D eigenvalue weighted by Crippen LogP contribution is 2.58. The molecule has 0 saturated heterocycles. The van der Waals surface area contributed by atoms with Crippen LogP contribution in [0.2, 0.25) is 0 Å². The standard InChI is InChI=1S/C15H30ClO4P/c1-6-8-10-19-21(18,20-11-9-7-2)15(13(4)16)12(3)14(5)17/h12-13,15H,6-11H2,1-5H3. The first-order chi connectivity index (χ1) is 9.80. The van der Waals surface area contributed by atoms with E-state index < -0.39 is 24.5 Å². The van der Waals surface area contributed by atoms with Gasteiger partial charge in [-0.25, -0.2) is 0 Å². The van der Waals surface area contributed by atoms with E-state index in [2.05, 4.69) is 0 Å². The molecule has 0 aliphatic heterocycles. The van der Waals surface area contributed by atoms with E-state index in [1.54, 1.807) is 13.8 Å². The first-order valence-electron chi connectivity index (χ1n) is 7.83. The fourth-order valence-corrected chi connectivity index (χ4v) is 5.12. The van der Waals surface area contributed by atoms with Crippen molar-refractivity contribution in [3.8, 4) is 0 Å². The molecule has 0 radical (unpaired) electrons. The summed E-state index contributed by atoms with van der Waals surface area (Å²) in [5, 5.41) is -0.460. The molecule has 0 fully saturated rings. The maximum absolute atomic E-state index is 13.2. The van der Waals surface area contributed by atoms with Crippen molar-refractivity contribution < 1.29 is 18.4 Å². The zero-order valence-electron chi connectivity index (χ0n) is 13.9. The summed E-state index contributed by atoms with van der Waals surface area (Å²) in [6, 6.07) is 0. The van der Waals surface area contributed by atoms with Crippen LogP contribution in [0.4, 0.5) is 0 Å². The summed E-state index contributed by atoms with van der Waals surface area (Å²) in [7, 11) is -3.41. The van der Waals surface area contributed by atoms with E-state index in [9.17, 15) is 9.36 Å². The second-order valence-electron chi connectivity index (χ2n) is 5.48. The molecule has 21 heavy (non-hydrogen) atoms. The molecule has 0 bridgehead atoms.